The maximum atomic E-state index is 13.6. The Morgan fingerprint density at radius 3 is 2.69 bits per heavy atom. The quantitative estimate of drug-likeness (QED) is 0.562. The van der Waals surface area contributed by atoms with Crippen LogP contribution in [0.4, 0.5) is 16.2 Å². The SMILES string of the molecule is CCc1ccc(N2C(=O)Nc3ccc(Br)cc3C2(O)C(=O)NCC2CCCN2CC)cc1. The molecule has 2 heterocycles. The lowest BCUT2D eigenvalue weighted by molar-refractivity contribution is -0.140. The predicted octanol–water partition coefficient (Wildman–Crippen LogP) is 3.81. The predicted molar refractivity (Wildman–Crippen MR) is 129 cm³/mol. The van der Waals surface area contributed by atoms with Crippen molar-refractivity contribution in [2.45, 2.75) is 44.9 Å². The van der Waals surface area contributed by atoms with Gasteiger partial charge in [-0.05, 0) is 68.2 Å². The number of carbonyl (C=O) groups is 2. The van der Waals surface area contributed by atoms with Crippen LogP contribution in [0.3, 0.4) is 0 Å². The number of hydrogen-bond donors (Lipinski definition) is 3. The zero-order valence-electron chi connectivity index (χ0n) is 18.4. The monoisotopic (exact) mass is 500 g/mol. The molecule has 0 aliphatic carbocycles. The van der Waals surface area contributed by atoms with Crippen LogP contribution < -0.4 is 15.5 Å². The number of urea groups is 1. The number of hydrogen-bond acceptors (Lipinski definition) is 4. The first-order valence-corrected chi connectivity index (χ1v) is 11.9. The average Bonchev–Trinajstić information content (AvgIpc) is 3.26. The molecule has 8 heteroatoms. The van der Waals surface area contributed by atoms with E-state index in [0.717, 1.165) is 42.8 Å². The van der Waals surface area contributed by atoms with Crippen LogP contribution in [0.1, 0.15) is 37.8 Å². The van der Waals surface area contributed by atoms with Crippen LogP contribution in [-0.2, 0) is 16.9 Å². The van der Waals surface area contributed by atoms with E-state index >= 15 is 0 Å². The number of likely N-dealkylation sites (N-methyl/N-ethyl adjacent to an activating group) is 1. The van der Waals surface area contributed by atoms with E-state index in [1.807, 2.05) is 19.1 Å². The fourth-order valence-corrected chi connectivity index (χ4v) is 5.00. The summed E-state index contributed by atoms with van der Waals surface area (Å²) < 4.78 is 0.702. The third-order valence-corrected chi connectivity index (χ3v) is 6.94. The third-order valence-electron chi connectivity index (χ3n) is 6.45. The van der Waals surface area contributed by atoms with Gasteiger partial charge in [-0.1, -0.05) is 41.9 Å². The van der Waals surface area contributed by atoms with Gasteiger partial charge in [-0.3, -0.25) is 14.6 Å². The van der Waals surface area contributed by atoms with E-state index in [4.69, 9.17) is 0 Å². The summed E-state index contributed by atoms with van der Waals surface area (Å²) in [4.78, 5) is 30.2. The van der Waals surface area contributed by atoms with Gasteiger partial charge in [0.25, 0.3) is 11.6 Å². The molecule has 2 aliphatic heterocycles. The van der Waals surface area contributed by atoms with Crippen LogP contribution in [0.25, 0.3) is 0 Å². The molecular weight excluding hydrogens is 472 g/mol. The van der Waals surface area contributed by atoms with Crippen molar-refractivity contribution >= 4 is 39.2 Å². The molecule has 0 aromatic heterocycles. The van der Waals surface area contributed by atoms with E-state index in [9.17, 15) is 14.7 Å². The van der Waals surface area contributed by atoms with Gasteiger partial charge in [-0.25, -0.2) is 4.79 Å². The molecule has 1 saturated heterocycles. The largest absolute Gasteiger partial charge is 0.359 e. The van der Waals surface area contributed by atoms with Gasteiger partial charge in [0.05, 0.1) is 5.69 Å². The van der Waals surface area contributed by atoms with Crippen molar-refractivity contribution in [3.8, 4) is 0 Å². The maximum Gasteiger partial charge on any atom is 0.329 e. The number of fused-ring (bicyclic) bond motifs is 1. The second-order valence-electron chi connectivity index (χ2n) is 8.28. The number of rotatable bonds is 6. The number of aliphatic hydroxyl groups is 1. The first-order chi connectivity index (χ1) is 15.4. The van der Waals surface area contributed by atoms with Crippen molar-refractivity contribution < 1.29 is 14.7 Å². The highest BCUT2D eigenvalue weighted by atomic mass is 79.9. The van der Waals surface area contributed by atoms with Crippen molar-refractivity contribution in [2.24, 2.45) is 0 Å². The third kappa shape index (κ3) is 4.02. The minimum atomic E-state index is -2.19. The van der Waals surface area contributed by atoms with Crippen LogP contribution in [-0.4, -0.2) is 47.6 Å². The van der Waals surface area contributed by atoms with Gasteiger partial charge >= 0.3 is 6.03 Å². The lowest BCUT2D eigenvalue weighted by atomic mass is 9.94. The van der Waals surface area contributed by atoms with Crippen LogP contribution in [0.2, 0.25) is 0 Å². The van der Waals surface area contributed by atoms with E-state index < -0.39 is 17.7 Å². The molecule has 0 saturated carbocycles. The highest BCUT2D eigenvalue weighted by Crippen LogP contribution is 2.41. The van der Waals surface area contributed by atoms with Gasteiger partial charge < -0.3 is 15.7 Å². The minimum Gasteiger partial charge on any atom is -0.359 e. The number of benzene rings is 2. The Kier molecular flexibility index (Phi) is 6.55. The van der Waals surface area contributed by atoms with Crippen LogP contribution in [0, 0.1) is 0 Å². The Labute approximate surface area is 196 Å². The summed E-state index contributed by atoms with van der Waals surface area (Å²) in [5.41, 5.74) is 0.0861. The molecular formula is C24H29BrN4O3. The van der Waals surface area contributed by atoms with Crippen molar-refractivity contribution in [1.29, 1.82) is 0 Å². The molecule has 2 aromatic carbocycles. The molecule has 170 valence electrons. The standard InChI is InChI=1S/C24H29BrN4O3/c1-3-16-7-10-18(11-8-16)29-23(31)27-21-12-9-17(25)14-20(21)24(29,32)22(30)26-15-19-6-5-13-28(19)4-2/h7-12,14,19,32H,3-6,13,15H2,1-2H3,(H,26,30)(H,27,31). The van der Waals surface area contributed by atoms with Gasteiger partial charge in [0.2, 0.25) is 0 Å². The minimum absolute atomic E-state index is 0.226. The van der Waals surface area contributed by atoms with Gasteiger partial charge in [0.15, 0.2) is 0 Å². The summed E-state index contributed by atoms with van der Waals surface area (Å²) in [5.74, 6) is -0.616. The molecule has 0 spiro atoms. The first-order valence-electron chi connectivity index (χ1n) is 11.1. The zero-order valence-corrected chi connectivity index (χ0v) is 20.0. The summed E-state index contributed by atoms with van der Waals surface area (Å²) in [6.07, 6.45) is 2.94. The Morgan fingerprint density at radius 2 is 2.00 bits per heavy atom. The Bertz CT molecular complexity index is 1010. The molecule has 7 nitrogen and oxygen atoms in total. The van der Waals surface area contributed by atoms with Crippen molar-refractivity contribution in [3.05, 3.63) is 58.1 Å². The molecule has 2 unspecified atom stereocenters. The van der Waals surface area contributed by atoms with Crippen molar-refractivity contribution in [2.75, 3.05) is 29.9 Å². The number of aryl methyl sites for hydroxylation is 1. The summed E-state index contributed by atoms with van der Waals surface area (Å²) >= 11 is 3.43. The van der Waals surface area contributed by atoms with Crippen LogP contribution >= 0.6 is 15.9 Å². The molecule has 0 radical (unpaired) electrons. The maximum absolute atomic E-state index is 13.6. The lowest BCUT2D eigenvalue weighted by Gasteiger charge is -2.43. The zero-order chi connectivity index (χ0) is 22.9. The fraction of sp³-hybridized carbons (Fsp3) is 0.417. The van der Waals surface area contributed by atoms with Gasteiger partial charge in [0, 0.05) is 28.3 Å². The van der Waals surface area contributed by atoms with Crippen LogP contribution in [0.15, 0.2) is 46.9 Å². The van der Waals surface area contributed by atoms with Crippen molar-refractivity contribution in [3.63, 3.8) is 0 Å². The van der Waals surface area contributed by atoms with Crippen molar-refractivity contribution in [1.82, 2.24) is 10.2 Å². The highest BCUT2D eigenvalue weighted by Gasteiger charge is 2.52. The number of nitrogens with zero attached hydrogens (tertiary/aromatic N) is 2. The number of nitrogens with one attached hydrogen (secondary N) is 2. The molecule has 0 bridgehead atoms. The molecule has 32 heavy (non-hydrogen) atoms. The second kappa shape index (κ2) is 9.21. The van der Waals surface area contributed by atoms with E-state index in [2.05, 4.69) is 38.4 Å². The topological polar surface area (TPSA) is 84.9 Å². The van der Waals surface area contributed by atoms with Crippen LogP contribution in [0.5, 0.6) is 0 Å². The molecule has 2 aromatic rings. The van der Waals surface area contributed by atoms with E-state index in [0.29, 0.717) is 28.0 Å². The number of carbonyl (C=O) groups excluding carboxylic acids is 2. The Hall–Kier alpha value is -2.42. The fourth-order valence-electron chi connectivity index (χ4n) is 4.64. The van der Waals surface area contributed by atoms with E-state index in [1.165, 1.54) is 0 Å². The molecule has 4 rings (SSSR count). The van der Waals surface area contributed by atoms with Gasteiger partial charge in [-0.2, -0.15) is 0 Å². The second-order valence-corrected chi connectivity index (χ2v) is 9.20. The van der Waals surface area contributed by atoms with Gasteiger partial charge in [-0.15, -0.1) is 0 Å². The first kappa shape index (κ1) is 22.8. The Balaban J connectivity index is 1.72. The number of likely N-dealkylation sites (tertiary alicyclic amines) is 1. The molecule has 3 amide bonds. The van der Waals surface area contributed by atoms with Gasteiger partial charge in [0.1, 0.15) is 0 Å². The normalized spacial score (nSPS) is 23.1. The summed E-state index contributed by atoms with van der Waals surface area (Å²) in [5, 5.41) is 17.7. The summed E-state index contributed by atoms with van der Waals surface area (Å²) in [6, 6.07) is 12.1. The summed E-state index contributed by atoms with van der Waals surface area (Å²) in [7, 11) is 0. The number of amides is 3. The lowest BCUT2D eigenvalue weighted by Crippen LogP contribution is -2.63. The number of anilines is 2. The molecule has 1 fully saturated rings. The molecule has 2 aliphatic rings. The Morgan fingerprint density at radius 1 is 1.25 bits per heavy atom. The van der Waals surface area contributed by atoms with E-state index in [-0.39, 0.29) is 6.04 Å². The van der Waals surface area contributed by atoms with E-state index in [1.54, 1.807) is 30.3 Å². The smallest absolute Gasteiger partial charge is 0.329 e. The molecule has 2 atom stereocenters. The number of halogens is 1. The highest BCUT2D eigenvalue weighted by molar-refractivity contribution is 9.10. The molecule has 3 N–H and O–H groups in total. The average molecular weight is 501 g/mol. The summed E-state index contributed by atoms with van der Waals surface area (Å²) in [6.45, 7) is 6.49.